The van der Waals surface area contributed by atoms with E-state index in [4.69, 9.17) is 14.2 Å². The van der Waals surface area contributed by atoms with Gasteiger partial charge in [0.15, 0.2) is 0 Å². The average Bonchev–Trinajstić information content (AvgIpc) is 2.72. The van der Waals surface area contributed by atoms with E-state index >= 15 is 0 Å². The van der Waals surface area contributed by atoms with Crippen LogP contribution in [0, 0.1) is 15.5 Å². The van der Waals surface area contributed by atoms with Crippen molar-refractivity contribution in [3.8, 4) is 5.75 Å². The lowest BCUT2D eigenvalue weighted by atomic mass is 9.80. The highest BCUT2D eigenvalue weighted by Gasteiger charge is 2.37. The van der Waals surface area contributed by atoms with E-state index in [1.54, 1.807) is 13.2 Å². The molecule has 1 heterocycles. The number of ether oxygens (including phenoxy) is 3. The number of carbonyl (C=O) groups is 1. The number of nitrogens with zero attached hydrogens (tertiary/aromatic N) is 1. The zero-order valence-corrected chi connectivity index (χ0v) is 16.0. The van der Waals surface area contributed by atoms with Gasteiger partial charge in [0.25, 0.3) is 5.09 Å². The van der Waals surface area contributed by atoms with Crippen LogP contribution < -0.4 is 4.74 Å². The zero-order valence-electron chi connectivity index (χ0n) is 16.0. The molecule has 0 bridgehead atoms. The molecule has 0 aromatic heterocycles. The number of hydrogen-bond acceptors (Lipinski definition) is 7. The van der Waals surface area contributed by atoms with Crippen molar-refractivity contribution in [2.75, 3.05) is 33.7 Å². The zero-order chi connectivity index (χ0) is 20.9. The minimum atomic E-state index is -0.958. The van der Waals surface area contributed by atoms with Crippen molar-refractivity contribution in [1.29, 1.82) is 0 Å². The molecular weight excluding hydrogens is 382 g/mol. The number of carboxylic acid groups (broad SMARTS) is 1. The van der Waals surface area contributed by atoms with Gasteiger partial charge in [-0.1, -0.05) is 24.3 Å². The van der Waals surface area contributed by atoms with E-state index in [-0.39, 0.29) is 33.0 Å². The molecule has 2 aromatic rings. The molecule has 0 radical (unpaired) electrons. The van der Waals surface area contributed by atoms with E-state index in [1.165, 1.54) is 0 Å². The van der Waals surface area contributed by atoms with Crippen molar-refractivity contribution in [1.82, 2.24) is 0 Å². The van der Waals surface area contributed by atoms with Crippen molar-refractivity contribution < 1.29 is 34.0 Å². The van der Waals surface area contributed by atoms with Crippen LogP contribution in [0.4, 0.5) is 0 Å². The van der Waals surface area contributed by atoms with Crippen LogP contribution in [-0.4, -0.2) is 49.9 Å². The molecule has 1 aliphatic rings. The number of aliphatic carboxylic acids is 1. The predicted octanol–water partition coefficient (Wildman–Crippen LogP) is 3.00. The van der Waals surface area contributed by atoms with E-state index in [0.717, 1.165) is 16.5 Å². The van der Waals surface area contributed by atoms with Crippen molar-refractivity contribution in [2.45, 2.75) is 18.8 Å². The first-order valence-electron chi connectivity index (χ1n) is 9.16. The van der Waals surface area contributed by atoms with Gasteiger partial charge in [0, 0.05) is 5.41 Å². The summed E-state index contributed by atoms with van der Waals surface area (Å²) in [5.41, 5.74) is -0.0957. The lowest BCUT2D eigenvalue weighted by molar-refractivity contribution is -0.761. The monoisotopic (exact) mass is 405 g/mol. The molecule has 0 spiro atoms. The second kappa shape index (κ2) is 9.06. The highest BCUT2D eigenvalue weighted by molar-refractivity contribution is 5.86. The second-order valence-electron chi connectivity index (χ2n) is 7.21. The Balaban J connectivity index is 1.79. The molecular formula is C20H23NO8. The average molecular weight is 405 g/mol. The molecule has 1 N–H and O–H groups in total. The van der Waals surface area contributed by atoms with E-state index in [9.17, 15) is 20.0 Å². The van der Waals surface area contributed by atoms with Gasteiger partial charge in [0.05, 0.1) is 26.2 Å². The molecule has 1 atom stereocenters. The van der Waals surface area contributed by atoms with Crippen LogP contribution in [0.2, 0.25) is 0 Å². The summed E-state index contributed by atoms with van der Waals surface area (Å²) in [4.78, 5) is 27.1. The molecule has 1 saturated heterocycles. The first kappa shape index (κ1) is 20.8. The molecule has 0 aliphatic carbocycles. The van der Waals surface area contributed by atoms with Crippen LogP contribution in [0.25, 0.3) is 10.8 Å². The summed E-state index contributed by atoms with van der Waals surface area (Å²) in [6.45, 7) is 0.329. The van der Waals surface area contributed by atoms with Crippen LogP contribution in [0.3, 0.4) is 0 Å². The Kier molecular flexibility index (Phi) is 6.50. The van der Waals surface area contributed by atoms with Crippen molar-refractivity contribution in [2.24, 2.45) is 5.41 Å². The first-order valence-corrected chi connectivity index (χ1v) is 9.16. The fourth-order valence-electron chi connectivity index (χ4n) is 3.58. The number of carboxylic acids is 1. The molecule has 9 heteroatoms. The third-order valence-electron chi connectivity index (χ3n) is 5.19. The third kappa shape index (κ3) is 5.12. The van der Waals surface area contributed by atoms with E-state index in [1.807, 2.05) is 30.3 Å². The number of benzene rings is 2. The minimum absolute atomic E-state index is 0.108. The lowest BCUT2D eigenvalue weighted by Gasteiger charge is -2.36. The van der Waals surface area contributed by atoms with Crippen LogP contribution in [-0.2, 0) is 19.1 Å². The quantitative estimate of drug-likeness (QED) is 0.500. The number of methoxy groups -OCH3 is 1. The van der Waals surface area contributed by atoms with Crippen molar-refractivity contribution in [3.05, 3.63) is 52.1 Å². The Bertz CT molecular complexity index is 878. The van der Waals surface area contributed by atoms with Gasteiger partial charge in [0.2, 0.25) is 0 Å². The maximum atomic E-state index is 12.0. The third-order valence-corrected chi connectivity index (χ3v) is 5.19. The van der Waals surface area contributed by atoms with Crippen LogP contribution in [0.15, 0.2) is 36.4 Å². The molecule has 0 amide bonds. The summed E-state index contributed by atoms with van der Waals surface area (Å²) in [6.07, 6.45) is 0.614. The topological polar surface area (TPSA) is 117 Å². The van der Waals surface area contributed by atoms with Gasteiger partial charge in [-0.2, -0.15) is 0 Å². The van der Waals surface area contributed by atoms with Gasteiger partial charge >= 0.3 is 5.97 Å². The van der Waals surface area contributed by atoms with Gasteiger partial charge < -0.3 is 24.2 Å². The summed E-state index contributed by atoms with van der Waals surface area (Å²) in [5.74, 6) is -0.998. The second-order valence-corrected chi connectivity index (χ2v) is 7.21. The summed E-state index contributed by atoms with van der Waals surface area (Å²) < 4.78 is 15.8. The van der Waals surface area contributed by atoms with Crippen LogP contribution in [0.5, 0.6) is 5.75 Å². The molecule has 0 saturated carbocycles. The van der Waals surface area contributed by atoms with Gasteiger partial charge in [-0.05, 0) is 41.3 Å². The van der Waals surface area contributed by atoms with E-state index < -0.39 is 22.4 Å². The molecule has 156 valence electrons. The lowest BCUT2D eigenvalue weighted by Crippen LogP contribution is -2.42. The maximum Gasteiger partial charge on any atom is 0.310 e. The number of rotatable bonds is 9. The molecule has 0 unspecified atom stereocenters. The predicted molar refractivity (Wildman–Crippen MR) is 102 cm³/mol. The Morgan fingerprint density at radius 3 is 2.59 bits per heavy atom. The fourth-order valence-corrected chi connectivity index (χ4v) is 3.58. The van der Waals surface area contributed by atoms with Gasteiger partial charge in [-0.25, -0.2) is 0 Å². The number of fused-ring (bicyclic) bond motifs is 1. The Hall–Kier alpha value is -2.91. The normalized spacial score (nSPS) is 16.9. The Morgan fingerprint density at radius 1 is 1.24 bits per heavy atom. The molecule has 9 nitrogen and oxygen atoms in total. The summed E-state index contributed by atoms with van der Waals surface area (Å²) >= 11 is 0. The largest absolute Gasteiger partial charge is 0.497 e. The standard InChI is InChI=1S/C20H23NO8/c1-26-17-5-4-14-8-16(3-2-15(14)9-17)18(19(22)23)6-7-20(12-29-21(24)25)10-27-13-28-11-20/h2-5,8-9,18H,6-7,10-13H2,1H3,(H,22,23)/t18-/m0/s1. The van der Waals surface area contributed by atoms with Crippen LogP contribution in [0.1, 0.15) is 24.3 Å². The van der Waals surface area contributed by atoms with Gasteiger partial charge in [0.1, 0.15) is 19.1 Å². The molecule has 1 aliphatic heterocycles. The molecule has 29 heavy (non-hydrogen) atoms. The highest BCUT2D eigenvalue weighted by atomic mass is 17.0. The Morgan fingerprint density at radius 2 is 1.93 bits per heavy atom. The maximum absolute atomic E-state index is 12.0. The highest BCUT2D eigenvalue weighted by Crippen LogP contribution is 2.34. The van der Waals surface area contributed by atoms with Gasteiger partial charge in [-0.3, -0.25) is 4.79 Å². The summed E-state index contributed by atoms with van der Waals surface area (Å²) in [5, 5.41) is 21.4. The van der Waals surface area contributed by atoms with Crippen LogP contribution >= 0.6 is 0 Å². The first-order chi connectivity index (χ1) is 13.9. The molecule has 3 rings (SSSR count). The van der Waals surface area contributed by atoms with Crippen molar-refractivity contribution >= 4 is 16.7 Å². The van der Waals surface area contributed by atoms with E-state index in [2.05, 4.69) is 4.84 Å². The molecule has 1 fully saturated rings. The summed E-state index contributed by atoms with van der Waals surface area (Å²) in [7, 11) is 1.59. The SMILES string of the molecule is COc1ccc2cc([C@H](CCC3(CO[N+](=O)[O-])COCOC3)C(=O)O)ccc2c1. The van der Waals surface area contributed by atoms with Crippen molar-refractivity contribution in [3.63, 3.8) is 0 Å². The minimum Gasteiger partial charge on any atom is -0.497 e. The van der Waals surface area contributed by atoms with Gasteiger partial charge in [-0.15, -0.1) is 10.1 Å². The fraction of sp³-hybridized carbons (Fsp3) is 0.450. The number of hydrogen-bond donors (Lipinski definition) is 1. The van der Waals surface area contributed by atoms with E-state index in [0.29, 0.717) is 12.0 Å². The smallest absolute Gasteiger partial charge is 0.310 e. The Labute approximate surface area is 167 Å². The summed E-state index contributed by atoms with van der Waals surface area (Å²) in [6, 6.07) is 11.1. The molecule has 2 aromatic carbocycles.